The highest BCUT2D eigenvalue weighted by molar-refractivity contribution is 5.94. The highest BCUT2D eigenvalue weighted by atomic mass is 16.5. The van der Waals surface area contributed by atoms with Crippen molar-refractivity contribution in [2.45, 2.75) is 25.9 Å². The number of methoxy groups -OCH3 is 1. The summed E-state index contributed by atoms with van der Waals surface area (Å²) in [6.07, 6.45) is 2.08. The largest absolute Gasteiger partial charge is 0.383 e. The number of benzene rings is 1. The van der Waals surface area contributed by atoms with Gasteiger partial charge in [0.1, 0.15) is 0 Å². The number of hydrogen-bond donors (Lipinski definition) is 2. The van der Waals surface area contributed by atoms with Gasteiger partial charge in [0.2, 0.25) is 5.95 Å². The second kappa shape index (κ2) is 9.88. The van der Waals surface area contributed by atoms with Crippen molar-refractivity contribution in [2.75, 3.05) is 38.7 Å². The molecular formula is C23H27N5O4. The van der Waals surface area contributed by atoms with Gasteiger partial charge in [0.25, 0.3) is 11.5 Å². The van der Waals surface area contributed by atoms with E-state index in [0.717, 1.165) is 30.5 Å². The van der Waals surface area contributed by atoms with E-state index in [1.165, 1.54) is 10.6 Å². The SMILES string of the molecule is COCCNc1nc(C)c2ccc(=O)n(-c3ccc(C(=O)NCC4CCCO4)cc3)c2n1. The third-order valence-electron chi connectivity index (χ3n) is 5.43. The summed E-state index contributed by atoms with van der Waals surface area (Å²) < 4.78 is 12.1. The number of amides is 1. The number of anilines is 1. The summed E-state index contributed by atoms with van der Waals surface area (Å²) in [6.45, 7) is 4.19. The molecule has 32 heavy (non-hydrogen) atoms. The lowest BCUT2D eigenvalue weighted by atomic mass is 10.1. The minimum Gasteiger partial charge on any atom is -0.383 e. The van der Waals surface area contributed by atoms with Crippen molar-refractivity contribution in [3.63, 3.8) is 0 Å². The van der Waals surface area contributed by atoms with Gasteiger partial charge in [-0.3, -0.25) is 14.2 Å². The zero-order valence-electron chi connectivity index (χ0n) is 18.3. The van der Waals surface area contributed by atoms with Crippen LogP contribution in [0.4, 0.5) is 5.95 Å². The van der Waals surface area contributed by atoms with Crippen LogP contribution in [0, 0.1) is 6.92 Å². The molecule has 9 heteroatoms. The number of ether oxygens (including phenoxy) is 2. The molecule has 0 aliphatic carbocycles. The summed E-state index contributed by atoms with van der Waals surface area (Å²) in [4.78, 5) is 34.3. The van der Waals surface area contributed by atoms with Gasteiger partial charge in [-0.15, -0.1) is 0 Å². The highest BCUT2D eigenvalue weighted by Gasteiger charge is 2.17. The molecule has 1 atom stereocenters. The standard InChI is InChI=1S/C23H27N5O4/c1-15-19-9-10-20(29)28(21(19)27-23(26-15)24-11-13-31-2)17-7-5-16(6-8-17)22(30)25-14-18-4-3-12-32-18/h5-10,18H,3-4,11-14H2,1-2H3,(H,25,30)(H,24,26,27). The predicted molar refractivity (Wildman–Crippen MR) is 122 cm³/mol. The molecule has 3 aromatic rings. The first kappa shape index (κ1) is 21.9. The Kier molecular flexibility index (Phi) is 6.77. The zero-order chi connectivity index (χ0) is 22.5. The summed E-state index contributed by atoms with van der Waals surface area (Å²) in [5.41, 5.74) is 2.19. The van der Waals surface area contributed by atoms with E-state index >= 15 is 0 Å². The minimum absolute atomic E-state index is 0.0853. The number of nitrogens with one attached hydrogen (secondary N) is 2. The first-order valence-electron chi connectivity index (χ1n) is 10.7. The second-order valence-corrected chi connectivity index (χ2v) is 7.69. The maximum atomic E-state index is 12.8. The zero-order valence-corrected chi connectivity index (χ0v) is 18.3. The number of nitrogens with zero attached hydrogens (tertiary/aromatic N) is 3. The molecule has 1 aromatic carbocycles. The Morgan fingerprint density at radius 2 is 2.03 bits per heavy atom. The van der Waals surface area contributed by atoms with Gasteiger partial charge in [-0.25, -0.2) is 4.98 Å². The predicted octanol–water partition coefficient (Wildman–Crippen LogP) is 2.06. The molecule has 9 nitrogen and oxygen atoms in total. The number of rotatable bonds is 8. The number of aryl methyl sites for hydroxylation is 1. The van der Waals surface area contributed by atoms with Crippen LogP contribution >= 0.6 is 0 Å². The molecule has 0 radical (unpaired) electrons. The van der Waals surface area contributed by atoms with Gasteiger partial charge >= 0.3 is 0 Å². The van der Waals surface area contributed by atoms with E-state index in [0.29, 0.717) is 42.5 Å². The van der Waals surface area contributed by atoms with Crippen LogP contribution in [0.3, 0.4) is 0 Å². The van der Waals surface area contributed by atoms with Crippen molar-refractivity contribution in [3.8, 4) is 5.69 Å². The molecule has 1 amide bonds. The molecular weight excluding hydrogens is 410 g/mol. The molecule has 1 aliphatic rings. The van der Waals surface area contributed by atoms with Crippen LogP contribution in [0.2, 0.25) is 0 Å². The molecule has 0 bridgehead atoms. The van der Waals surface area contributed by atoms with Crippen LogP contribution in [0.1, 0.15) is 28.9 Å². The number of carbonyl (C=O) groups excluding carboxylic acids is 1. The van der Waals surface area contributed by atoms with Crippen molar-refractivity contribution in [3.05, 3.63) is 58.0 Å². The molecule has 168 valence electrons. The quantitative estimate of drug-likeness (QED) is 0.520. The van der Waals surface area contributed by atoms with E-state index in [-0.39, 0.29) is 17.6 Å². The van der Waals surface area contributed by atoms with E-state index in [9.17, 15) is 9.59 Å². The number of fused-ring (bicyclic) bond motifs is 1. The molecule has 3 heterocycles. The van der Waals surface area contributed by atoms with E-state index in [1.807, 2.05) is 6.92 Å². The second-order valence-electron chi connectivity index (χ2n) is 7.69. The Morgan fingerprint density at radius 1 is 1.22 bits per heavy atom. The molecule has 4 rings (SSSR count). The summed E-state index contributed by atoms with van der Waals surface area (Å²) in [5.74, 6) is 0.261. The molecule has 1 unspecified atom stereocenters. The van der Waals surface area contributed by atoms with Crippen LogP contribution in [0.15, 0.2) is 41.2 Å². The van der Waals surface area contributed by atoms with Gasteiger partial charge < -0.3 is 20.1 Å². The third-order valence-corrected chi connectivity index (χ3v) is 5.43. The molecule has 2 N–H and O–H groups in total. The number of hydrogen-bond acceptors (Lipinski definition) is 7. The van der Waals surface area contributed by atoms with Crippen molar-refractivity contribution in [2.24, 2.45) is 0 Å². The molecule has 2 aromatic heterocycles. The number of pyridine rings is 1. The van der Waals surface area contributed by atoms with Crippen molar-refractivity contribution in [1.82, 2.24) is 19.9 Å². The first-order chi connectivity index (χ1) is 15.6. The average Bonchev–Trinajstić information content (AvgIpc) is 3.31. The van der Waals surface area contributed by atoms with Crippen molar-refractivity contribution >= 4 is 22.9 Å². The average molecular weight is 438 g/mol. The maximum absolute atomic E-state index is 12.8. The summed E-state index contributed by atoms with van der Waals surface area (Å²) in [6, 6.07) is 10.1. The van der Waals surface area contributed by atoms with Crippen molar-refractivity contribution in [1.29, 1.82) is 0 Å². The lowest BCUT2D eigenvalue weighted by molar-refractivity contribution is 0.0858. The lowest BCUT2D eigenvalue weighted by Crippen LogP contribution is -2.31. The van der Waals surface area contributed by atoms with Crippen LogP contribution < -0.4 is 16.2 Å². The van der Waals surface area contributed by atoms with Gasteiger partial charge in [-0.05, 0) is 50.1 Å². The molecule has 1 aliphatic heterocycles. The fourth-order valence-electron chi connectivity index (χ4n) is 3.73. The fraction of sp³-hybridized carbons (Fsp3) is 0.391. The van der Waals surface area contributed by atoms with E-state index in [2.05, 4.69) is 20.6 Å². The number of aromatic nitrogens is 3. The van der Waals surface area contributed by atoms with Gasteiger partial charge in [0.05, 0.1) is 24.1 Å². The molecule has 1 fully saturated rings. The topological polar surface area (TPSA) is 107 Å². The molecule has 0 saturated carbocycles. The summed E-state index contributed by atoms with van der Waals surface area (Å²) in [5, 5.41) is 6.80. The summed E-state index contributed by atoms with van der Waals surface area (Å²) >= 11 is 0. The summed E-state index contributed by atoms with van der Waals surface area (Å²) in [7, 11) is 1.62. The normalized spacial score (nSPS) is 15.8. The molecule has 1 saturated heterocycles. The third kappa shape index (κ3) is 4.79. The first-order valence-corrected chi connectivity index (χ1v) is 10.7. The van der Waals surface area contributed by atoms with Gasteiger partial charge in [0, 0.05) is 43.8 Å². The smallest absolute Gasteiger partial charge is 0.256 e. The Labute approximate surface area is 185 Å². The van der Waals surface area contributed by atoms with Crippen LogP contribution in [-0.4, -0.2) is 60.0 Å². The van der Waals surface area contributed by atoms with E-state index in [4.69, 9.17) is 9.47 Å². The Bertz CT molecular complexity index is 1150. The van der Waals surface area contributed by atoms with Crippen LogP contribution in [0.25, 0.3) is 16.7 Å². The highest BCUT2D eigenvalue weighted by Crippen LogP contribution is 2.19. The fourth-order valence-corrected chi connectivity index (χ4v) is 3.73. The minimum atomic E-state index is -0.214. The Hall–Kier alpha value is -3.30. The van der Waals surface area contributed by atoms with Crippen molar-refractivity contribution < 1.29 is 14.3 Å². The van der Waals surface area contributed by atoms with Crippen LogP contribution in [-0.2, 0) is 9.47 Å². The molecule has 0 spiro atoms. The monoisotopic (exact) mass is 437 g/mol. The Balaban J connectivity index is 1.61. The maximum Gasteiger partial charge on any atom is 0.256 e. The lowest BCUT2D eigenvalue weighted by Gasteiger charge is -2.14. The van der Waals surface area contributed by atoms with E-state index < -0.39 is 0 Å². The van der Waals surface area contributed by atoms with Gasteiger partial charge in [0.15, 0.2) is 5.65 Å². The number of carbonyl (C=O) groups is 1. The van der Waals surface area contributed by atoms with Crippen LogP contribution in [0.5, 0.6) is 0 Å². The van der Waals surface area contributed by atoms with Gasteiger partial charge in [-0.1, -0.05) is 0 Å². The van der Waals surface area contributed by atoms with E-state index in [1.54, 1.807) is 37.4 Å². The Morgan fingerprint density at radius 3 is 2.75 bits per heavy atom. The van der Waals surface area contributed by atoms with Gasteiger partial charge in [-0.2, -0.15) is 4.98 Å².